The molecule has 0 aliphatic rings. The van der Waals surface area contributed by atoms with Gasteiger partial charge >= 0.3 is 6.18 Å². The van der Waals surface area contributed by atoms with E-state index in [2.05, 4.69) is 14.8 Å². The number of benzene rings is 2. The average Bonchev–Trinajstić information content (AvgIpc) is 2.59. The molecule has 0 bridgehead atoms. The third kappa shape index (κ3) is 5.78. The molecule has 0 spiro atoms. The summed E-state index contributed by atoms with van der Waals surface area (Å²) in [6.45, 7) is -0.325. The van der Waals surface area contributed by atoms with E-state index in [-0.39, 0.29) is 27.8 Å². The highest BCUT2D eigenvalue weighted by molar-refractivity contribution is 7.92. The lowest BCUT2D eigenvalue weighted by molar-refractivity contribution is -0.153. The minimum atomic E-state index is -4.57. The van der Waals surface area contributed by atoms with E-state index in [0.717, 1.165) is 0 Å². The summed E-state index contributed by atoms with van der Waals surface area (Å²) in [4.78, 5) is 11.1. The number of rotatable bonds is 7. The smallest absolute Gasteiger partial charge is 0.422 e. The van der Waals surface area contributed by atoms with Crippen molar-refractivity contribution in [3.63, 3.8) is 0 Å². The maximum atomic E-state index is 12.7. The molecule has 2 N–H and O–H groups in total. The zero-order valence-corrected chi connectivity index (χ0v) is 15.6. The van der Waals surface area contributed by atoms with Gasteiger partial charge in [0.05, 0.1) is 23.4 Å². The molecule has 0 radical (unpaired) electrons. The zero-order chi connectivity index (χ0) is 20.9. The predicted molar refractivity (Wildman–Crippen MR) is 96.1 cm³/mol. The number of hydrogen-bond donors (Lipinski definition) is 2. The highest BCUT2D eigenvalue weighted by Gasteiger charge is 2.29. The largest absolute Gasteiger partial charge is 0.495 e. The molecule has 0 fully saturated rings. The summed E-state index contributed by atoms with van der Waals surface area (Å²) in [7, 11) is -2.84. The first-order chi connectivity index (χ1) is 13.0. The van der Waals surface area contributed by atoms with Crippen LogP contribution in [0.1, 0.15) is 6.92 Å². The standard InChI is InChI=1S/C17H17F3N2O5S/c1-11(23)21-14-9-12(7-8-15(14)26-2)28(24,25)22-13-5-3-4-6-16(13)27-10-17(18,19)20/h3-9,22H,10H2,1-2H3,(H,21,23). The van der Waals surface area contributed by atoms with Crippen LogP contribution in [0.5, 0.6) is 11.5 Å². The molecule has 28 heavy (non-hydrogen) atoms. The molecule has 0 heterocycles. The summed E-state index contributed by atoms with van der Waals surface area (Å²) in [6, 6.07) is 9.06. The van der Waals surface area contributed by atoms with Crippen LogP contribution in [0.15, 0.2) is 47.4 Å². The number of sulfonamides is 1. The third-order valence-electron chi connectivity index (χ3n) is 3.31. The van der Waals surface area contributed by atoms with E-state index in [4.69, 9.17) is 4.74 Å². The second kappa shape index (κ2) is 8.38. The number of halogens is 3. The summed E-state index contributed by atoms with van der Waals surface area (Å²) in [5, 5.41) is 2.44. The lowest BCUT2D eigenvalue weighted by atomic mass is 10.3. The Hall–Kier alpha value is -2.95. The first kappa shape index (κ1) is 21.4. The van der Waals surface area contributed by atoms with Gasteiger partial charge in [-0.2, -0.15) is 13.2 Å². The summed E-state index contributed by atoms with van der Waals surface area (Å²) in [6.07, 6.45) is -4.57. The second-order valence-corrected chi connectivity index (χ2v) is 7.23. The number of hydrogen-bond acceptors (Lipinski definition) is 5. The Balaban J connectivity index is 2.33. The third-order valence-corrected chi connectivity index (χ3v) is 4.68. The first-order valence-corrected chi connectivity index (χ1v) is 9.27. The minimum absolute atomic E-state index is 0.125. The molecule has 11 heteroatoms. The number of anilines is 2. The first-order valence-electron chi connectivity index (χ1n) is 7.79. The molecule has 2 aromatic carbocycles. The van der Waals surface area contributed by atoms with Gasteiger partial charge in [0.15, 0.2) is 6.61 Å². The summed E-state index contributed by atoms with van der Waals surface area (Å²) in [5.41, 5.74) is -0.0388. The number of alkyl halides is 3. The van der Waals surface area contributed by atoms with E-state index < -0.39 is 28.7 Å². The molecule has 0 aromatic heterocycles. The molecule has 0 unspecified atom stereocenters. The number of methoxy groups -OCH3 is 1. The maximum absolute atomic E-state index is 12.7. The number of carbonyl (C=O) groups excluding carboxylic acids is 1. The van der Waals surface area contributed by atoms with Crippen molar-refractivity contribution in [1.82, 2.24) is 0 Å². The van der Waals surface area contributed by atoms with Crippen LogP contribution in [0.2, 0.25) is 0 Å². The number of nitrogens with one attached hydrogen (secondary N) is 2. The van der Waals surface area contributed by atoms with Crippen molar-refractivity contribution in [2.75, 3.05) is 23.8 Å². The van der Waals surface area contributed by atoms with Crippen LogP contribution < -0.4 is 19.5 Å². The van der Waals surface area contributed by atoms with Crippen molar-refractivity contribution >= 4 is 27.3 Å². The van der Waals surface area contributed by atoms with Crippen LogP contribution in [0.4, 0.5) is 24.5 Å². The van der Waals surface area contributed by atoms with E-state index in [1.807, 2.05) is 0 Å². The molecular formula is C17H17F3N2O5S. The summed E-state index contributed by atoms with van der Waals surface area (Å²) >= 11 is 0. The fourth-order valence-corrected chi connectivity index (χ4v) is 3.28. The fourth-order valence-electron chi connectivity index (χ4n) is 2.18. The minimum Gasteiger partial charge on any atom is -0.495 e. The molecule has 0 saturated heterocycles. The number of amides is 1. The summed E-state index contributed by atoms with van der Waals surface area (Å²) in [5.74, 6) is -0.478. The van der Waals surface area contributed by atoms with E-state index in [1.54, 1.807) is 0 Å². The van der Waals surface area contributed by atoms with Crippen LogP contribution in [0.3, 0.4) is 0 Å². The van der Waals surface area contributed by atoms with Crippen molar-refractivity contribution in [3.8, 4) is 11.5 Å². The van der Waals surface area contributed by atoms with E-state index >= 15 is 0 Å². The summed E-state index contributed by atoms with van der Waals surface area (Å²) < 4.78 is 74.4. The van der Waals surface area contributed by atoms with Gasteiger partial charge in [0.1, 0.15) is 11.5 Å². The average molecular weight is 418 g/mol. The lowest BCUT2D eigenvalue weighted by Crippen LogP contribution is -2.20. The molecule has 7 nitrogen and oxygen atoms in total. The SMILES string of the molecule is COc1ccc(S(=O)(=O)Nc2ccccc2OCC(F)(F)F)cc1NC(C)=O. The van der Waals surface area contributed by atoms with Gasteiger partial charge in [-0.25, -0.2) is 8.42 Å². The van der Waals surface area contributed by atoms with Crippen molar-refractivity contribution in [3.05, 3.63) is 42.5 Å². The number of ether oxygens (including phenoxy) is 2. The Morgan fingerprint density at radius 3 is 2.36 bits per heavy atom. The van der Waals surface area contributed by atoms with Crippen LogP contribution in [0, 0.1) is 0 Å². The Labute approximate surface area is 159 Å². The van der Waals surface area contributed by atoms with Crippen LogP contribution in [-0.4, -0.2) is 34.2 Å². The maximum Gasteiger partial charge on any atom is 0.422 e. The lowest BCUT2D eigenvalue weighted by Gasteiger charge is -2.15. The Morgan fingerprint density at radius 2 is 1.75 bits per heavy atom. The normalized spacial score (nSPS) is 11.6. The molecule has 0 aliphatic carbocycles. The van der Waals surface area contributed by atoms with Crippen molar-refractivity contribution < 1.29 is 35.9 Å². The molecule has 2 rings (SSSR count). The quantitative estimate of drug-likeness (QED) is 0.719. The second-order valence-electron chi connectivity index (χ2n) is 5.55. The van der Waals surface area contributed by atoms with Crippen LogP contribution in [0.25, 0.3) is 0 Å². The van der Waals surface area contributed by atoms with Gasteiger partial charge in [0.2, 0.25) is 5.91 Å². The van der Waals surface area contributed by atoms with Gasteiger partial charge in [0, 0.05) is 6.92 Å². The molecule has 1 amide bonds. The molecular weight excluding hydrogens is 401 g/mol. The molecule has 0 aliphatic heterocycles. The van der Waals surface area contributed by atoms with E-state index in [0.29, 0.717) is 0 Å². The van der Waals surface area contributed by atoms with Gasteiger partial charge in [-0.1, -0.05) is 12.1 Å². The van der Waals surface area contributed by atoms with E-state index in [9.17, 15) is 26.4 Å². The highest BCUT2D eigenvalue weighted by atomic mass is 32.2. The van der Waals surface area contributed by atoms with Crippen molar-refractivity contribution in [2.24, 2.45) is 0 Å². The van der Waals surface area contributed by atoms with Gasteiger partial charge in [0.25, 0.3) is 10.0 Å². The molecule has 0 saturated carbocycles. The van der Waals surface area contributed by atoms with Gasteiger partial charge in [-0.05, 0) is 30.3 Å². The molecule has 0 atom stereocenters. The highest BCUT2D eigenvalue weighted by Crippen LogP contribution is 2.31. The monoisotopic (exact) mass is 418 g/mol. The van der Waals surface area contributed by atoms with Crippen molar-refractivity contribution in [2.45, 2.75) is 18.0 Å². The number of para-hydroxylation sites is 2. The van der Waals surface area contributed by atoms with Crippen LogP contribution in [-0.2, 0) is 14.8 Å². The van der Waals surface area contributed by atoms with Crippen molar-refractivity contribution in [1.29, 1.82) is 0 Å². The van der Waals surface area contributed by atoms with Gasteiger partial charge in [-0.15, -0.1) is 0 Å². The Bertz CT molecular complexity index is 962. The Kier molecular flexibility index (Phi) is 6.39. The predicted octanol–water partition coefficient (Wildman–Crippen LogP) is 3.40. The Morgan fingerprint density at radius 1 is 1.07 bits per heavy atom. The van der Waals surface area contributed by atoms with Crippen LogP contribution >= 0.6 is 0 Å². The van der Waals surface area contributed by atoms with Gasteiger partial charge < -0.3 is 14.8 Å². The van der Waals surface area contributed by atoms with Gasteiger partial charge in [-0.3, -0.25) is 9.52 Å². The molecule has 152 valence electrons. The topological polar surface area (TPSA) is 93.7 Å². The van der Waals surface area contributed by atoms with E-state index in [1.165, 1.54) is 56.5 Å². The fraction of sp³-hybridized carbons (Fsp3) is 0.235. The molecule has 2 aromatic rings. The number of carbonyl (C=O) groups is 1. The zero-order valence-electron chi connectivity index (χ0n) is 14.8.